The summed E-state index contributed by atoms with van der Waals surface area (Å²) in [4.78, 5) is 231. The fraction of sp³-hybridized carbons (Fsp3) is 0.556. The molecule has 804 valence electrons. The van der Waals surface area contributed by atoms with Crippen LogP contribution < -0.4 is 68.0 Å². The molecule has 0 bridgehead atoms. The standard InChI is InChI=1S/C72H94N27O36P7S6/c1-6-32-33(7-49(122-32)96-25-82-53-58(74)78-23-80-60(53)96)130-137(109,143)117-21-44-38(12-51(127-44)98-27-84-55-62(98)87-68(76)89-66(55)102)134-142(114,148)120-20-43-36(10-47(125-43)94-15-30(3)64(100)91-71(94)105)132-139(111,145)118-19-42-37(11-48(124-42)95-16-31(4)65(101)92-72(95)106)133-140(112,146)121-22-45-39(13-52(128-45)99-28-85-56-63(99)88-69(77)90-67(56)103)135-141(113,147)119-18-41-35(9-46(123-41)93-14-29(2)57(73)86-70(93)104)131-138(110,144)116-17-40-34(129-136(107,108)115-5)8-50(126-40)97-26-83-54-59(75)79-24-81-61(54)97/h14-16,23-28,32-52H,6-13,17-22H2,1-5H3,(H,107,108)(H,109,143)(H,110,144)(H,111,145)(H,112,146)(H,113,147)(H,114,148)(H2,73,86,104)(H2,74,78,80)(H2,75,79,81)(H,91,100,105)(H,92,101,106)(H3,76,87,89,102)(H3,77,88,90,103)/t32-,33?,34?,35?,36?,37?,38?,39?,40-,41-,42-,43-,44-,45-,46-,47-,48-,49-,50-,51-,52-,137?,138?,139?,140?,141?,142?/m1/s1. The van der Waals surface area contributed by atoms with E-state index in [2.05, 4.69) is 74.8 Å². The number of nitrogens with zero attached hydrogens (tertiary/aromatic N) is 18. The summed E-state index contributed by atoms with van der Waals surface area (Å²) in [5.74, 6) is -0.558. The van der Waals surface area contributed by atoms with Gasteiger partial charge in [-0.05, 0) is 98.0 Å². The van der Waals surface area contributed by atoms with Crippen LogP contribution in [0.3, 0.4) is 0 Å². The molecule has 0 aliphatic carbocycles. The predicted molar refractivity (Wildman–Crippen MR) is 530 cm³/mol. The summed E-state index contributed by atoms with van der Waals surface area (Å²) in [6.07, 6.45) is -17.2. The van der Waals surface area contributed by atoms with Crippen LogP contribution >= 0.6 is 48.1 Å². The smallest absolute Gasteiger partial charge is 0.383 e. The highest BCUT2D eigenvalue weighted by molar-refractivity contribution is 8.08. The number of aromatic amines is 4. The van der Waals surface area contributed by atoms with Gasteiger partial charge in [0, 0.05) is 87.3 Å². The Labute approximate surface area is 859 Å². The number of phosphoric acid groups is 1. The van der Waals surface area contributed by atoms with Crippen molar-refractivity contribution in [1.82, 2.24) is 107 Å². The molecule has 148 heavy (non-hydrogen) atoms. The minimum Gasteiger partial charge on any atom is -0.383 e. The Balaban J connectivity index is 0.560. The minimum absolute atomic E-state index is 0.0237. The molecule has 7 aliphatic rings. The van der Waals surface area contributed by atoms with Crippen LogP contribution in [-0.2, 0) is 172 Å². The van der Waals surface area contributed by atoms with Crippen molar-refractivity contribution < 1.29 is 135 Å². The molecule has 76 heteroatoms. The number of hydrogen-bond acceptors (Lipinski definition) is 51. The summed E-state index contributed by atoms with van der Waals surface area (Å²) < 4.78 is 149. The van der Waals surface area contributed by atoms with Crippen LogP contribution in [-0.4, -0.2) is 273 Å². The van der Waals surface area contributed by atoms with Crippen molar-refractivity contribution in [3.05, 3.63) is 146 Å². The highest BCUT2D eigenvalue weighted by Gasteiger charge is 2.52. The summed E-state index contributed by atoms with van der Waals surface area (Å²) in [7, 11) is -3.82. The Hall–Kier alpha value is -7.95. The fourth-order valence-corrected chi connectivity index (χ4v) is 26.9. The quantitative estimate of drug-likeness (QED) is 0.0231. The average molecular weight is 2320 g/mol. The van der Waals surface area contributed by atoms with Crippen LogP contribution in [0.5, 0.6) is 0 Å². The second kappa shape index (κ2) is 43.8. The zero-order valence-corrected chi connectivity index (χ0v) is 88.4. The number of aryl methyl sites for hydroxylation is 3. The van der Waals surface area contributed by atoms with Gasteiger partial charge in [0.15, 0.2) is 45.3 Å². The molecule has 11 aromatic heterocycles. The lowest BCUT2D eigenvalue weighted by Gasteiger charge is -2.29. The lowest BCUT2D eigenvalue weighted by Crippen LogP contribution is -2.33. The van der Waals surface area contributed by atoms with Gasteiger partial charge in [-0.15, -0.1) is 0 Å². The van der Waals surface area contributed by atoms with Crippen molar-refractivity contribution in [3.8, 4) is 0 Å². The van der Waals surface area contributed by atoms with E-state index in [0.717, 1.165) is 27.0 Å². The van der Waals surface area contributed by atoms with E-state index >= 15 is 0 Å². The SMILES string of the molecule is CC[C@H]1O[C@@H](n2cnc3c(N)ncnc32)CC1OP(O)(=S)OC[C@H]1O[C@@H](n2cnc3c(=O)[nH]c(N)nc32)CC1OP(O)(=S)OC[C@H]1O[C@@H](n2cc(C)c(=O)[nH]c2=O)CC1OP(O)(=S)OC[C@H]1O[C@@H](n2cc(C)c(=O)[nH]c2=O)CC1OP(O)(=S)OC[C@H]1O[C@@H](n2cnc3c(=O)[nH]c(N)nc32)CC1OP(O)(=S)OC[C@H]1O[C@@H](n2cc(C)c(N)nc2=O)CC1OP(O)(=S)OC[C@H]1O[C@@H](n2cnc3c(N)ncnc32)CC1OP(=O)(O)OC. The molecule has 7 fully saturated rings. The number of nitrogen functional groups attached to an aromatic ring is 5. The van der Waals surface area contributed by atoms with Crippen LogP contribution in [0.15, 0.2) is 90.1 Å². The Bertz CT molecular complexity index is 7740. The van der Waals surface area contributed by atoms with Gasteiger partial charge in [0.25, 0.3) is 22.2 Å². The lowest BCUT2D eigenvalue weighted by molar-refractivity contribution is -0.0576. The van der Waals surface area contributed by atoms with E-state index in [1.165, 1.54) is 77.9 Å². The minimum atomic E-state index is -4.80. The predicted octanol–water partition coefficient (Wildman–Crippen LogP) is 0.392. The molecule has 7 aliphatic heterocycles. The molecule has 63 nitrogen and oxygen atoms in total. The molecule has 0 radical (unpaired) electrons. The first-order valence-electron chi connectivity index (χ1n) is 44.3. The zero-order valence-electron chi connectivity index (χ0n) is 77.2. The molecular formula is C72H94N27O36P7S6. The third kappa shape index (κ3) is 24.7. The van der Waals surface area contributed by atoms with Crippen LogP contribution in [0.25, 0.3) is 44.7 Å². The zero-order chi connectivity index (χ0) is 106. The molecule has 14 unspecified atom stereocenters. The molecule has 21 N–H and O–H groups in total. The first kappa shape index (κ1) is 110. The van der Waals surface area contributed by atoms with Gasteiger partial charge in [-0.2, -0.15) is 15.0 Å². The number of aromatic nitrogens is 22. The highest BCUT2D eigenvalue weighted by atomic mass is 32.5. The summed E-state index contributed by atoms with van der Waals surface area (Å²) in [6.45, 7) is -26.3. The molecule has 0 saturated carbocycles. The van der Waals surface area contributed by atoms with Gasteiger partial charge in [0.1, 0.15) is 116 Å². The maximum atomic E-state index is 13.7. The molecule has 0 spiro atoms. The normalized spacial score (nSPS) is 29.3. The molecule has 28 atom stereocenters. The average Bonchev–Trinajstić information content (AvgIpc) is 1.63. The Morgan fingerprint density at radius 3 is 0.926 bits per heavy atom. The van der Waals surface area contributed by atoms with Crippen molar-refractivity contribution in [2.45, 2.75) is 208 Å². The van der Waals surface area contributed by atoms with E-state index in [4.69, 9.17) is 196 Å². The van der Waals surface area contributed by atoms with Crippen LogP contribution in [0.4, 0.5) is 29.4 Å². The van der Waals surface area contributed by atoms with E-state index in [9.17, 15) is 72.4 Å². The number of anilines is 5. The van der Waals surface area contributed by atoms with Gasteiger partial charge in [0.05, 0.1) is 108 Å². The number of imidazole rings is 4. The summed E-state index contributed by atoms with van der Waals surface area (Å²) in [6, 6.07) is 0. The number of nitrogens with one attached hydrogen (secondary N) is 4. The van der Waals surface area contributed by atoms with E-state index in [-0.39, 0.29) is 106 Å². The third-order valence-corrected chi connectivity index (χ3v) is 35.0. The number of ether oxygens (including phenoxy) is 7. The van der Waals surface area contributed by atoms with Crippen LogP contribution in [0.1, 0.15) is 119 Å². The van der Waals surface area contributed by atoms with Gasteiger partial charge in [0.2, 0.25) is 11.9 Å². The second-order valence-electron chi connectivity index (χ2n) is 34.4. The second-order valence-corrected chi connectivity index (χ2v) is 52.6. The number of hydrogen-bond donors (Lipinski definition) is 16. The first-order chi connectivity index (χ1) is 69.9. The van der Waals surface area contributed by atoms with Crippen LogP contribution in [0.2, 0.25) is 0 Å². The van der Waals surface area contributed by atoms with Gasteiger partial charge < -0.3 is 150 Å². The third-order valence-electron chi connectivity index (χ3n) is 24.5. The van der Waals surface area contributed by atoms with E-state index < -0.39 is 269 Å². The molecule has 18 rings (SSSR count). The Kier molecular flexibility index (Phi) is 32.5. The largest absolute Gasteiger partial charge is 0.472 e. The van der Waals surface area contributed by atoms with Crippen molar-refractivity contribution in [1.29, 1.82) is 0 Å². The van der Waals surface area contributed by atoms with Gasteiger partial charge in [-0.25, -0.2) is 58.8 Å². The number of nitrogens with two attached hydrogens (primary N) is 5. The Morgan fingerprint density at radius 2 is 0.615 bits per heavy atom. The Morgan fingerprint density at radius 1 is 0.345 bits per heavy atom. The van der Waals surface area contributed by atoms with E-state index in [1.54, 1.807) is 11.5 Å². The van der Waals surface area contributed by atoms with E-state index in [0.29, 0.717) is 23.1 Å². The maximum Gasteiger partial charge on any atom is 0.472 e. The summed E-state index contributed by atoms with van der Waals surface area (Å²) in [5, 5.41) is 0. The number of H-pyrrole nitrogens is 4. The van der Waals surface area contributed by atoms with Crippen molar-refractivity contribution >= 4 is 193 Å². The topological polar surface area (TPSA) is 842 Å². The lowest BCUT2D eigenvalue weighted by atomic mass is 10.1. The monoisotopic (exact) mass is 2320 g/mol. The van der Waals surface area contributed by atoms with Gasteiger partial charge in [-0.1, -0.05) is 6.92 Å². The molecule has 18 heterocycles. The fourth-order valence-electron chi connectivity index (χ4n) is 17.4. The van der Waals surface area contributed by atoms with Crippen LogP contribution in [0, 0.1) is 20.8 Å². The maximum absolute atomic E-state index is 13.7. The summed E-state index contributed by atoms with van der Waals surface area (Å²) >= 11 is 33.9. The van der Waals surface area contributed by atoms with Crippen molar-refractivity contribution in [2.24, 2.45) is 0 Å². The van der Waals surface area contributed by atoms with Gasteiger partial charge >= 0.3 is 65.2 Å². The van der Waals surface area contributed by atoms with Crippen molar-refractivity contribution in [2.75, 3.05) is 75.4 Å². The molecule has 0 amide bonds. The van der Waals surface area contributed by atoms with E-state index in [1.807, 2.05) is 6.92 Å². The molecular weight excluding hydrogens is 2230 g/mol. The highest BCUT2D eigenvalue weighted by Crippen LogP contribution is 2.59. The number of phosphoric ester groups is 1. The molecule has 11 aromatic rings. The number of fused-ring (bicyclic) bond motifs is 4. The molecule has 7 saturated heterocycles. The summed E-state index contributed by atoms with van der Waals surface area (Å²) in [5.41, 5.74) is 25.3. The van der Waals surface area contributed by atoms with Gasteiger partial charge in [-0.3, -0.25) is 80.1 Å². The number of rotatable bonds is 41. The first-order valence-corrected chi connectivity index (χ1v) is 61.3. The molecule has 0 aromatic carbocycles. The van der Waals surface area contributed by atoms with Crippen molar-refractivity contribution in [3.63, 3.8) is 0 Å².